The summed E-state index contributed by atoms with van der Waals surface area (Å²) in [4.78, 5) is 25.9. The summed E-state index contributed by atoms with van der Waals surface area (Å²) < 4.78 is 9.10. The number of fused-ring (bicyclic) bond motifs is 3. The van der Waals surface area contributed by atoms with Gasteiger partial charge >= 0.3 is 0 Å². The number of nitrogens with one attached hydrogen (secondary N) is 1. The fourth-order valence-corrected chi connectivity index (χ4v) is 3.68. The number of ether oxygens (including phenoxy) is 1. The van der Waals surface area contributed by atoms with Crippen molar-refractivity contribution in [2.45, 2.75) is 26.8 Å². The number of nitrogens with zero attached hydrogens (tertiary/aromatic N) is 3. The fraction of sp³-hybridized carbons (Fsp3) is 0.438. The molecule has 0 saturated carbocycles. The molecule has 0 unspecified atom stereocenters. The predicted molar refractivity (Wildman–Crippen MR) is 93.8 cm³/mol. The van der Waals surface area contributed by atoms with Crippen molar-refractivity contribution in [3.63, 3.8) is 0 Å². The van der Waals surface area contributed by atoms with Crippen LogP contribution in [-0.2, 0) is 22.5 Å². The number of hydrogen-bond donors (Lipinski definition) is 1. The van der Waals surface area contributed by atoms with E-state index in [1.807, 2.05) is 24.3 Å². The average molecular weight is 348 g/mol. The molecule has 0 aliphatic heterocycles. The molecule has 0 fully saturated rings. The van der Waals surface area contributed by atoms with Crippen LogP contribution < -0.4 is 10.9 Å². The smallest absolute Gasteiger partial charge is 0.291 e. The van der Waals surface area contributed by atoms with Gasteiger partial charge in [0.15, 0.2) is 0 Å². The minimum atomic E-state index is -0.254. The number of rotatable bonds is 6. The molecule has 0 aromatic carbocycles. The maximum absolute atomic E-state index is 12.7. The van der Waals surface area contributed by atoms with Crippen LogP contribution in [0.4, 0.5) is 0 Å². The Bertz CT molecular complexity index is 954. The maximum atomic E-state index is 12.7. The number of aryl methyl sites for hydroxylation is 2. The molecule has 0 saturated heterocycles. The first kappa shape index (κ1) is 16.7. The monoisotopic (exact) mass is 348 g/mol. The number of carbonyl (C=O) groups excluding carboxylic acids is 1. The highest BCUT2D eigenvalue weighted by Crippen LogP contribution is 2.28. The maximum Gasteiger partial charge on any atom is 0.291 e. The third kappa shape index (κ3) is 2.94. The Balaban J connectivity index is 2.02. The van der Waals surface area contributed by atoms with Gasteiger partial charge in [-0.2, -0.15) is 5.10 Å². The van der Waals surface area contributed by atoms with Crippen molar-refractivity contribution < 1.29 is 9.53 Å². The van der Waals surface area contributed by atoms with Gasteiger partial charge in [-0.1, -0.05) is 6.92 Å². The van der Waals surface area contributed by atoms with Crippen LogP contribution in [0.1, 0.15) is 17.6 Å². The lowest BCUT2D eigenvalue weighted by Gasteiger charge is -2.10. The van der Waals surface area contributed by atoms with Gasteiger partial charge in [-0.25, -0.2) is 4.68 Å². The highest BCUT2D eigenvalue weighted by Gasteiger charge is 2.16. The molecule has 0 radical (unpaired) electrons. The normalized spacial score (nSPS) is 11.5. The van der Waals surface area contributed by atoms with Crippen LogP contribution in [0.2, 0.25) is 0 Å². The van der Waals surface area contributed by atoms with Crippen molar-refractivity contribution in [2.24, 2.45) is 0 Å². The SMILES string of the molecule is CCc1nn(CC(=O)NCCOC)c(=O)c2cc3sc(C)cc3n12. The van der Waals surface area contributed by atoms with Gasteiger partial charge in [0.05, 0.1) is 16.8 Å². The van der Waals surface area contributed by atoms with Gasteiger partial charge in [0.2, 0.25) is 5.91 Å². The van der Waals surface area contributed by atoms with Gasteiger partial charge in [0.1, 0.15) is 17.9 Å². The lowest BCUT2D eigenvalue weighted by molar-refractivity contribution is -0.122. The van der Waals surface area contributed by atoms with E-state index in [-0.39, 0.29) is 18.0 Å². The molecule has 3 aromatic heterocycles. The Labute approximate surface area is 142 Å². The van der Waals surface area contributed by atoms with Crippen LogP contribution in [0.25, 0.3) is 15.7 Å². The summed E-state index contributed by atoms with van der Waals surface area (Å²) in [6.07, 6.45) is 0.667. The lowest BCUT2D eigenvalue weighted by atomic mass is 10.4. The molecular weight excluding hydrogens is 328 g/mol. The Hall–Kier alpha value is -2.19. The molecule has 1 N–H and O–H groups in total. The lowest BCUT2D eigenvalue weighted by Crippen LogP contribution is -2.36. The molecule has 8 heteroatoms. The molecule has 0 aliphatic carbocycles. The molecule has 3 heterocycles. The number of amides is 1. The van der Waals surface area contributed by atoms with Crippen molar-refractivity contribution in [3.05, 3.63) is 33.2 Å². The van der Waals surface area contributed by atoms with E-state index in [2.05, 4.69) is 16.5 Å². The zero-order chi connectivity index (χ0) is 17.3. The molecule has 3 rings (SSSR count). The topological polar surface area (TPSA) is 77.6 Å². The fourth-order valence-electron chi connectivity index (χ4n) is 2.73. The van der Waals surface area contributed by atoms with E-state index in [4.69, 9.17) is 4.74 Å². The molecule has 0 atom stereocenters. The van der Waals surface area contributed by atoms with Gasteiger partial charge in [-0.05, 0) is 19.1 Å². The Morgan fingerprint density at radius 3 is 2.88 bits per heavy atom. The third-order valence-electron chi connectivity index (χ3n) is 3.80. The van der Waals surface area contributed by atoms with E-state index in [0.29, 0.717) is 25.1 Å². The van der Waals surface area contributed by atoms with Crippen molar-refractivity contribution in [2.75, 3.05) is 20.3 Å². The van der Waals surface area contributed by atoms with Crippen LogP contribution in [0.3, 0.4) is 0 Å². The molecular formula is C16H20N4O3S. The first-order valence-corrected chi connectivity index (χ1v) is 8.64. The highest BCUT2D eigenvalue weighted by molar-refractivity contribution is 7.19. The summed E-state index contributed by atoms with van der Waals surface area (Å²) in [5.41, 5.74) is 1.31. The number of hydrogen-bond acceptors (Lipinski definition) is 5. The average Bonchev–Trinajstić information content (AvgIpc) is 3.07. The Morgan fingerprint density at radius 1 is 1.38 bits per heavy atom. The van der Waals surface area contributed by atoms with Crippen molar-refractivity contribution >= 4 is 33.0 Å². The number of thiophene rings is 1. The minimum Gasteiger partial charge on any atom is -0.383 e. The van der Waals surface area contributed by atoms with Crippen LogP contribution >= 0.6 is 11.3 Å². The van der Waals surface area contributed by atoms with E-state index in [9.17, 15) is 9.59 Å². The van der Waals surface area contributed by atoms with E-state index in [1.165, 1.54) is 9.56 Å². The van der Waals surface area contributed by atoms with Crippen molar-refractivity contribution in [3.8, 4) is 0 Å². The van der Waals surface area contributed by atoms with E-state index >= 15 is 0 Å². The Kier molecular flexibility index (Phi) is 4.68. The predicted octanol–water partition coefficient (Wildman–Crippen LogP) is 1.34. The molecule has 128 valence electrons. The molecule has 1 amide bonds. The van der Waals surface area contributed by atoms with Crippen molar-refractivity contribution in [1.29, 1.82) is 0 Å². The van der Waals surface area contributed by atoms with Gasteiger partial charge in [0, 0.05) is 25.0 Å². The molecule has 0 bridgehead atoms. The standard InChI is InChI=1S/C16H20N4O3S/c1-4-14-18-19(9-15(21)17-5-6-23-3)16(22)12-8-13-11(20(12)14)7-10(2)24-13/h7-8H,4-6,9H2,1-3H3,(H,17,21). The summed E-state index contributed by atoms with van der Waals surface area (Å²) in [6, 6.07) is 3.95. The Morgan fingerprint density at radius 2 is 2.17 bits per heavy atom. The first-order chi connectivity index (χ1) is 11.5. The number of carbonyl (C=O) groups is 1. The van der Waals surface area contributed by atoms with Crippen LogP contribution in [0.5, 0.6) is 0 Å². The molecule has 7 nitrogen and oxygen atoms in total. The quantitative estimate of drug-likeness (QED) is 0.682. The van der Waals surface area contributed by atoms with Gasteiger partial charge in [0.25, 0.3) is 5.56 Å². The summed E-state index contributed by atoms with van der Waals surface area (Å²) in [7, 11) is 1.57. The van der Waals surface area contributed by atoms with Crippen LogP contribution in [-0.4, -0.2) is 40.3 Å². The van der Waals surface area contributed by atoms with E-state index in [0.717, 1.165) is 16.0 Å². The largest absolute Gasteiger partial charge is 0.383 e. The van der Waals surface area contributed by atoms with Gasteiger partial charge in [-0.3, -0.25) is 14.0 Å². The second-order valence-electron chi connectivity index (χ2n) is 5.55. The van der Waals surface area contributed by atoms with Gasteiger partial charge in [-0.15, -0.1) is 11.3 Å². The third-order valence-corrected chi connectivity index (χ3v) is 4.79. The van der Waals surface area contributed by atoms with Crippen LogP contribution in [0.15, 0.2) is 16.9 Å². The zero-order valence-electron chi connectivity index (χ0n) is 14.0. The first-order valence-electron chi connectivity index (χ1n) is 7.82. The number of aromatic nitrogens is 3. The van der Waals surface area contributed by atoms with E-state index in [1.54, 1.807) is 18.4 Å². The minimum absolute atomic E-state index is 0.0933. The summed E-state index contributed by atoms with van der Waals surface area (Å²) in [5.74, 6) is 0.513. The summed E-state index contributed by atoms with van der Waals surface area (Å²) in [6.45, 7) is 4.78. The number of methoxy groups -OCH3 is 1. The van der Waals surface area contributed by atoms with Crippen LogP contribution in [0, 0.1) is 6.92 Å². The highest BCUT2D eigenvalue weighted by atomic mass is 32.1. The second-order valence-corrected chi connectivity index (χ2v) is 6.83. The molecule has 0 aliphatic rings. The zero-order valence-corrected chi connectivity index (χ0v) is 14.8. The summed E-state index contributed by atoms with van der Waals surface area (Å²) >= 11 is 1.65. The van der Waals surface area contributed by atoms with E-state index < -0.39 is 0 Å². The van der Waals surface area contributed by atoms with Gasteiger partial charge < -0.3 is 10.1 Å². The second kappa shape index (κ2) is 6.74. The van der Waals surface area contributed by atoms with Crippen molar-refractivity contribution in [1.82, 2.24) is 19.5 Å². The molecule has 3 aromatic rings. The summed E-state index contributed by atoms with van der Waals surface area (Å²) in [5, 5.41) is 7.10. The molecule has 0 spiro atoms. The molecule has 24 heavy (non-hydrogen) atoms.